The van der Waals surface area contributed by atoms with Gasteiger partial charge in [-0.3, -0.25) is 0 Å². The van der Waals surface area contributed by atoms with Crippen LogP contribution in [-0.4, -0.2) is 30.8 Å². The van der Waals surface area contributed by atoms with Crippen molar-refractivity contribution >= 4 is 33.2 Å². The number of esters is 1. The lowest BCUT2D eigenvalue weighted by Gasteiger charge is -2.04. The van der Waals surface area contributed by atoms with Gasteiger partial charge in [0.2, 0.25) is 0 Å². The summed E-state index contributed by atoms with van der Waals surface area (Å²) in [6.07, 6.45) is 0.946. The van der Waals surface area contributed by atoms with Crippen LogP contribution in [0.2, 0.25) is 0 Å². The molecular formula is C15H20N2O3S. The Balaban J connectivity index is 2.13. The number of anilines is 1. The Morgan fingerprint density at radius 3 is 2.81 bits per heavy atom. The molecule has 2 heterocycles. The van der Waals surface area contributed by atoms with Crippen LogP contribution in [0.5, 0.6) is 0 Å². The molecule has 0 radical (unpaired) electrons. The summed E-state index contributed by atoms with van der Waals surface area (Å²) in [6.45, 7) is 7.23. The number of carbonyl (C=O) groups excluding carboxylic acids is 1. The highest BCUT2D eigenvalue weighted by atomic mass is 32.1. The van der Waals surface area contributed by atoms with Gasteiger partial charge in [-0.05, 0) is 31.9 Å². The number of hydrogen-bond donors (Lipinski definition) is 1. The maximum absolute atomic E-state index is 12.1. The van der Waals surface area contributed by atoms with Crippen molar-refractivity contribution in [2.45, 2.75) is 27.2 Å². The molecule has 0 bridgehead atoms. The highest BCUT2D eigenvalue weighted by Crippen LogP contribution is 2.35. The van der Waals surface area contributed by atoms with Gasteiger partial charge in [0.05, 0.1) is 12.3 Å². The van der Waals surface area contributed by atoms with Crippen molar-refractivity contribution in [2.24, 2.45) is 0 Å². The lowest BCUT2D eigenvalue weighted by Crippen LogP contribution is -2.11. The quantitative estimate of drug-likeness (QED) is 0.655. The maximum atomic E-state index is 12.1. The number of ether oxygens (including phenoxy) is 2. The van der Waals surface area contributed by atoms with Crippen LogP contribution in [0.15, 0.2) is 6.07 Å². The molecule has 0 saturated heterocycles. The van der Waals surface area contributed by atoms with Gasteiger partial charge in [-0.2, -0.15) is 0 Å². The minimum atomic E-state index is -0.410. The fourth-order valence-electron chi connectivity index (χ4n) is 2.13. The van der Waals surface area contributed by atoms with E-state index in [0.29, 0.717) is 23.8 Å². The van der Waals surface area contributed by atoms with Gasteiger partial charge in [-0.1, -0.05) is 6.92 Å². The number of hydrogen-bond acceptors (Lipinski definition) is 6. The van der Waals surface area contributed by atoms with E-state index in [1.807, 2.05) is 26.8 Å². The van der Waals surface area contributed by atoms with Crippen LogP contribution >= 0.6 is 11.3 Å². The van der Waals surface area contributed by atoms with Gasteiger partial charge in [-0.25, -0.2) is 9.78 Å². The van der Waals surface area contributed by atoms with Crippen LogP contribution in [0, 0.1) is 13.8 Å². The summed E-state index contributed by atoms with van der Waals surface area (Å²) in [5, 5.41) is 0.847. The largest absolute Gasteiger partial charge is 0.459 e. The van der Waals surface area contributed by atoms with Crippen LogP contribution in [0.4, 0.5) is 5.69 Å². The second kappa shape index (κ2) is 6.87. The SMILES string of the molecule is CCCOCCOC(=O)c1sc2nc(C)cc(C)c2c1N. The fourth-order valence-corrected chi connectivity index (χ4v) is 3.24. The Labute approximate surface area is 128 Å². The summed E-state index contributed by atoms with van der Waals surface area (Å²) in [6, 6.07) is 1.96. The number of fused-ring (bicyclic) bond motifs is 1. The van der Waals surface area contributed by atoms with E-state index < -0.39 is 5.97 Å². The van der Waals surface area contributed by atoms with Crippen LogP contribution in [-0.2, 0) is 9.47 Å². The molecule has 21 heavy (non-hydrogen) atoms. The predicted octanol–water partition coefficient (Wildman–Crippen LogP) is 3.08. The molecule has 114 valence electrons. The molecule has 0 saturated carbocycles. The first-order valence-electron chi connectivity index (χ1n) is 6.95. The van der Waals surface area contributed by atoms with E-state index in [1.54, 1.807) is 0 Å². The summed E-state index contributed by atoms with van der Waals surface area (Å²) in [7, 11) is 0. The minimum absolute atomic E-state index is 0.234. The lowest BCUT2D eigenvalue weighted by atomic mass is 10.1. The Hall–Kier alpha value is -1.66. The molecule has 6 heteroatoms. The molecule has 0 aliphatic carbocycles. The average Bonchev–Trinajstić information content (AvgIpc) is 2.75. The number of carbonyl (C=O) groups is 1. The van der Waals surface area contributed by atoms with E-state index in [9.17, 15) is 4.79 Å². The van der Waals surface area contributed by atoms with E-state index in [4.69, 9.17) is 15.2 Å². The van der Waals surface area contributed by atoms with Gasteiger partial charge in [0.15, 0.2) is 0 Å². The lowest BCUT2D eigenvalue weighted by molar-refractivity contribution is 0.0324. The smallest absolute Gasteiger partial charge is 0.350 e. The van der Waals surface area contributed by atoms with Crippen molar-refractivity contribution in [1.29, 1.82) is 0 Å². The molecule has 2 N–H and O–H groups in total. The predicted molar refractivity (Wildman–Crippen MR) is 84.9 cm³/mol. The number of pyridine rings is 1. The van der Waals surface area contributed by atoms with Crippen molar-refractivity contribution in [1.82, 2.24) is 4.98 Å². The van der Waals surface area contributed by atoms with Gasteiger partial charge in [0, 0.05) is 17.7 Å². The topological polar surface area (TPSA) is 74.4 Å². The number of aromatic nitrogens is 1. The molecule has 2 rings (SSSR count). The molecule has 0 unspecified atom stereocenters. The summed E-state index contributed by atoms with van der Waals surface area (Å²) < 4.78 is 10.5. The third-order valence-corrected chi connectivity index (χ3v) is 4.10. The van der Waals surface area contributed by atoms with Crippen molar-refractivity contribution in [3.05, 3.63) is 22.2 Å². The first kappa shape index (κ1) is 15.7. The molecule has 0 aromatic carbocycles. The van der Waals surface area contributed by atoms with E-state index in [2.05, 4.69) is 4.98 Å². The molecule has 2 aromatic rings. The number of aryl methyl sites for hydroxylation is 2. The summed E-state index contributed by atoms with van der Waals surface area (Å²) >= 11 is 1.28. The molecule has 0 aliphatic rings. The zero-order valence-electron chi connectivity index (χ0n) is 12.6. The average molecular weight is 308 g/mol. The molecule has 2 aromatic heterocycles. The fraction of sp³-hybridized carbons (Fsp3) is 0.467. The molecular weight excluding hydrogens is 288 g/mol. The van der Waals surface area contributed by atoms with E-state index in [0.717, 1.165) is 27.9 Å². The van der Waals surface area contributed by atoms with Gasteiger partial charge >= 0.3 is 5.97 Å². The Morgan fingerprint density at radius 1 is 1.33 bits per heavy atom. The van der Waals surface area contributed by atoms with Crippen molar-refractivity contribution < 1.29 is 14.3 Å². The summed E-state index contributed by atoms with van der Waals surface area (Å²) in [5.74, 6) is -0.410. The summed E-state index contributed by atoms with van der Waals surface area (Å²) in [5.41, 5.74) is 8.47. The van der Waals surface area contributed by atoms with Crippen LogP contribution in [0.1, 0.15) is 34.3 Å². The highest BCUT2D eigenvalue weighted by Gasteiger charge is 2.19. The van der Waals surface area contributed by atoms with Crippen LogP contribution in [0.3, 0.4) is 0 Å². The monoisotopic (exact) mass is 308 g/mol. The third kappa shape index (κ3) is 3.51. The number of rotatable bonds is 6. The molecule has 0 aliphatic heterocycles. The standard InChI is InChI=1S/C15H20N2O3S/c1-4-5-19-6-7-20-15(18)13-12(16)11-9(2)8-10(3)17-14(11)21-13/h8H,4-7,16H2,1-3H3. The normalized spacial score (nSPS) is 11.0. The van der Waals surface area contributed by atoms with E-state index >= 15 is 0 Å². The van der Waals surface area contributed by atoms with E-state index in [1.165, 1.54) is 11.3 Å². The molecule has 0 fully saturated rings. The zero-order chi connectivity index (χ0) is 15.4. The van der Waals surface area contributed by atoms with Gasteiger partial charge < -0.3 is 15.2 Å². The first-order chi connectivity index (χ1) is 10.0. The van der Waals surface area contributed by atoms with E-state index in [-0.39, 0.29) is 6.61 Å². The van der Waals surface area contributed by atoms with Crippen molar-refractivity contribution in [2.75, 3.05) is 25.6 Å². The first-order valence-corrected chi connectivity index (χ1v) is 7.77. The van der Waals surface area contributed by atoms with Crippen molar-refractivity contribution in [3.8, 4) is 0 Å². The Kier molecular flexibility index (Phi) is 5.14. The minimum Gasteiger partial charge on any atom is -0.459 e. The van der Waals surface area contributed by atoms with Gasteiger partial charge in [0.1, 0.15) is 16.3 Å². The van der Waals surface area contributed by atoms with Gasteiger partial charge in [-0.15, -0.1) is 11.3 Å². The number of nitrogens with zero attached hydrogens (tertiary/aromatic N) is 1. The maximum Gasteiger partial charge on any atom is 0.350 e. The molecule has 0 atom stereocenters. The molecule has 0 amide bonds. The van der Waals surface area contributed by atoms with Gasteiger partial charge in [0.25, 0.3) is 0 Å². The van der Waals surface area contributed by atoms with Crippen LogP contribution in [0.25, 0.3) is 10.2 Å². The number of thiophene rings is 1. The second-order valence-corrected chi connectivity index (χ2v) is 5.85. The van der Waals surface area contributed by atoms with Crippen LogP contribution < -0.4 is 5.73 Å². The third-order valence-electron chi connectivity index (χ3n) is 3.02. The Bertz CT molecular complexity index is 652. The summed E-state index contributed by atoms with van der Waals surface area (Å²) in [4.78, 5) is 17.7. The number of nitrogen functional groups attached to an aromatic ring is 1. The zero-order valence-corrected chi connectivity index (χ0v) is 13.4. The van der Waals surface area contributed by atoms with Crippen molar-refractivity contribution in [3.63, 3.8) is 0 Å². The second-order valence-electron chi connectivity index (χ2n) is 4.85. The Morgan fingerprint density at radius 2 is 2.10 bits per heavy atom. The molecule has 0 spiro atoms. The molecule has 5 nitrogen and oxygen atoms in total. The highest BCUT2D eigenvalue weighted by molar-refractivity contribution is 7.21. The number of nitrogens with two attached hydrogens (primary N) is 1.